The summed E-state index contributed by atoms with van der Waals surface area (Å²) in [7, 11) is 2.09. The lowest BCUT2D eigenvalue weighted by atomic mass is 10.1. The fraction of sp³-hybridized carbons (Fsp3) is 0.292. The maximum atomic E-state index is 13.0. The highest BCUT2D eigenvalue weighted by atomic mass is 32.1. The van der Waals surface area contributed by atoms with E-state index in [1.54, 1.807) is 6.07 Å². The molecule has 0 aliphatic carbocycles. The Kier molecular flexibility index (Phi) is 5.74. The van der Waals surface area contributed by atoms with Gasteiger partial charge in [-0.3, -0.25) is 14.9 Å². The molecular formula is C24H24N4O4S. The van der Waals surface area contributed by atoms with Gasteiger partial charge in [0.2, 0.25) is 0 Å². The van der Waals surface area contributed by atoms with Crippen LogP contribution in [0.2, 0.25) is 0 Å². The van der Waals surface area contributed by atoms with Gasteiger partial charge in [0.25, 0.3) is 5.91 Å². The lowest BCUT2D eigenvalue weighted by Crippen LogP contribution is -2.44. The third kappa shape index (κ3) is 4.29. The standard InChI is InChI=1S/C24H24N4O4S/c1-3-31-15-7-8-21-17(13-15)25-24(33-21)26-23(30)20-14-19(29)16-5-4-6-18(22(16)32-20)28-11-9-27(2)10-12-28/h4-8,13-14H,3,9-12H2,1-2H3,(H,25,26,30). The number of aromatic nitrogens is 1. The molecule has 170 valence electrons. The second kappa shape index (κ2) is 8.84. The quantitative estimate of drug-likeness (QED) is 0.481. The Balaban J connectivity index is 1.45. The Morgan fingerprint density at radius 2 is 2.00 bits per heavy atom. The van der Waals surface area contributed by atoms with Gasteiger partial charge in [0.05, 0.1) is 27.9 Å². The zero-order valence-corrected chi connectivity index (χ0v) is 19.3. The van der Waals surface area contributed by atoms with Crippen LogP contribution in [0.5, 0.6) is 5.75 Å². The summed E-state index contributed by atoms with van der Waals surface area (Å²) in [5, 5.41) is 3.66. The van der Waals surface area contributed by atoms with Crippen LogP contribution in [0.15, 0.2) is 51.7 Å². The van der Waals surface area contributed by atoms with Crippen molar-refractivity contribution in [1.82, 2.24) is 9.88 Å². The molecule has 8 nitrogen and oxygen atoms in total. The van der Waals surface area contributed by atoms with E-state index in [2.05, 4.69) is 27.1 Å². The zero-order chi connectivity index (χ0) is 22.9. The van der Waals surface area contributed by atoms with Gasteiger partial charge in [-0.15, -0.1) is 0 Å². The maximum absolute atomic E-state index is 13.0. The van der Waals surface area contributed by atoms with Gasteiger partial charge in [-0.25, -0.2) is 4.98 Å². The van der Waals surface area contributed by atoms with Gasteiger partial charge in [0.15, 0.2) is 21.9 Å². The zero-order valence-electron chi connectivity index (χ0n) is 18.5. The number of amides is 1. The average molecular weight is 465 g/mol. The maximum Gasteiger partial charge on any atom is 0.293 e. The van der Waals surface area contributed by atoms with Crippen molar-refractivity contribution >= 4 is 49.2 Å². The molecule has 2 aromatic carbocycles. The number of hydrogen-bond acceptors (Lipinski definition) is 8. The Morgan fingerprint density at radius 1 is 1.18 bits per heavy atom. The minimum atomic E-state index is -0.508. The molecule has 5 rings (SSSR count). The Morgan fingerprint density at radius 3 is 2.79 bits per heavy atom. The summed E-state index contributed by atoms with van der Waals surface area (Å²) >= 11 is 1.35. The van der Waals surface area contributed by atoms with E-state index in [0.29, 0.717) is 22.7 Å². The fourth-order valence-electron chi connectivity index (χ4n) is 3.95. The SMILES string of the molecule is CCOc1ccc2sc(NC(=O)c3cc(=O)c4cccc(N5CCN(C)CC5)c4o3)nc2c1. The van der Waals surface area contributed by atoms with E-state index in [-0.39, 0.29) is 11.2 Å². The molecule has 0 radical (unpaired) electrons. The number of benzene rings is 2. The van der Waals surface area contributed by atoms with Crippen LogP contribution in [0.1, 0.15) is 17.5 Å². The van der Waals surface area contributed by atoms with Crippen molar-refractivity contribution in [2.24, 2.45) is 0 Å². The summed E-state index contributed by atoms with van der Waals surface area (Å²) in [6.45, 7) is 5.98. The third-order valence-electron chi connectivity index (χ3n) is 5.69. The van der Waals surface area contributed by atoms with Gasteiger partial charge in [-0.2, -0.15) is 0 Å². The summed E-state index contributed by atoms with van der Waals surface area (Å²) in [6.07, 6.45) is 0. The van der Waals surface area contributed by atoms with E-state index in [1.807, 2.05) is 37.3 Å². The predicted octanol–water partition coefficient (Wildman–Crippen LogP) is 3.81. The number of nitrogens with zero attached hydrogens (tertiary/aromatic N) is 3. The van der Waals surface area contributed by atoms with Crippen molar-refractivity contribution in [2.45, 2.75) is 6.92 Å². The number of carbonyl (C=O) groups excluding carboxylic acids is 1. The molecule has 0 spiro atoms. The molecule has 9 heteroatoms. The summed E-state index contributed by atoms with van der Waals surface area (Å²) in [6, 6.07) is 12.4. The van der Waals surface area contributed by atoms with Gasteiger partial charge >= 0.3 is 0 Å². The monoisotopic (exact) mass is 464 g/mol. The van der Waals surface area contributed by atoms with E-state index in [1.165, 1.54) is 17.4 Å². The minimum Gasteiger partial charge on any atom is -0.494 e. The number of rotatable bonds is 5. The first-order valence-electron chi connectivity index (χ1n) is 10.9. The fourth-order valence-corrected chi connectivity index (χ4v) is 4.79. The van der Waals surface area contributed by atoms with Crippen LogP contribution >= 0.6 is 11.3 Å². The van der Waals surface area contributed by atoms with Gasteiger partial charge in [0, 0.05) is 38.3 Å². The molecule has 33 heavy (non-hydrogen) atoms. The molecule has 1 aliphatic heterocycles. The molecule has 1 N–H and O–H groups in total. The number of anilines is 2. The van der Waals surface area contributed by atoms with Crippen molar-refractivity contribution in [3.8, 4) is 5.75 Å². The molecule has 1 fully saturated rings. The van der Waals surface area contributed by atoms with Crippen molar-refractivity contribution < 1.29 is 13.9 Å². The second-order valence-electron chi connectivity index (χ2n) is 7.95. The summed E-state index contributed by atoms with van der Waals surface area (Å²) in [5.74, 6) is 0.180. The smallest absolute Gasteiger partial charge is 0.293 e. The van der Waals surface area contributed by atoms with Crippen molar-refractivity contribution in [1.29, 1.82) is 0 Å². The van der Waals surface area contributed by atoms with E-state index < -0.39 is 5.91 Å². The number of fused-ring (bicyclic) bond motifs is 2. The molecule has 0 unspecified atom stereocenters. The van der Waals surface area contributed by atoms with Crippen LogP contribution in [-0.2, 0) is 0 Å². The summed E-state index contributed by atoms with van der Waals surface area (Å²) < 4.78 is 12.4. The molecular weight excluding hydrogens is 440 g/mol. The highest BCUT2D eigenvalue weighted by Crippen LogP contribution is 2.30. The normalized spacial score (nSPS) is 14.7. The number of thiazole rings is 1. The number of para-hydroxylation sites is 1. The largest absolute Gasteiger partial charge is 0.494 e. The molecule has 4 aromatic rings. The molecule has 1 saturated heterocycles. The Bertz CT molecular complexity index is 1390. The topological polar surface area (TPSA) is 87.9 Å². The van der Waals surface area contributed by atoms with E-state index >= 15 is 0 Å². The van der Waals surface area contributed by atoms with Crippen LogP contribution in [0.25, 0.3) is 21.2 Å². The van der Waals surface area contributed by atoms with Gasteiger partial charge < -0.3 is 19.0 Å². The number of piperazine rings is 1. The third-order valence-corrected chi connectivity index (χ3v) is 6.64. The number of hydrogen-bond donors (Lipinski definition) is 1. The number of ether oxygens (including phenoxy) is 1. The average Bonchev–Trinajstić information content (AvgIpc) is 3.21. The van der Waals surface area contributed by atoms with E-state index in [9.17, 15) is 9.59 Å². The predicted molar refractivity (Wildman–Crippen MR) is 131 cm³/mol. The van der Waals surface area contributed by atoms with Gasteiger partial charge in [-0.05, 0) is 38.2 Å². The Hall–Kier alpha value is -3.43. The van der Waals surface area contributed by atoms with Gasteiger partial charge in [0.1, 0.15) is 5.75 Å². The van der Waals surface area contributed by atoms with Crippen LogP contribution in [-0.4, -0.2) is 55.6 Å². The lowest BCUT2D eigenvalue weighted by molar-refractivity contribution is 0.0997. The van der Waals surface area contributed by atoms with E-state index in [0.717, 1.165) is 47.8 Å². The molecule has 0 bridgehead atoms. The summed E-state index contributed by atoms with van der Waals surface area (Å²) in [5.41, 5.74) is 1.75. The number of carbonyl (C=O) groups is 1. The lowest BCUT2D eigenvalue weighted by Gasteiger charge is -2.34. The molecule has 3 heterocycles. The number of likely N-dealkylation sites (N-methyl/N-ethyl adjacent to an activating group) is 1. The van der Waals surface area contributed by atoms with Crippen molar-refractivity contribution in [3.63, 3.8) is 0 Å². The number of nitrogens with one attached hydrogen (secondary N) is 1. The van der Waals surface area contributed by atoms with Gasteiger partial charge in [-0.1, -0.05) is 17.4 Å². The molecule has 1 amide bonds. The molecule has 1 aliphatic rings. The minimum absolute atomic E-state index is 0.0386. The van der Waals surface area contributed by atoms with Crippen molar-refractivity contribution in [3.05, 3.63) is 58.4 Å². The molecule has 0 saturated carbocycles. The Labute approximate surface area is 194 Å². The first-order chi connectivity index (χ1) is 16.0. The highest BCUT2D eigenvalue weighted by Gasteiger charge is 2.21. The molecule has 2 aromatic heterocycles. The summed E-state index contributed by atoms with van der Waals surface area (Å²) in [4.78, 5) is 34.7. The van der Waals surface area contributed by atoms with Crippen LogP contribution in [0, 0.1) is 0 Å². The van der Waals surface area contributed by atoms with Crippen molar-refractivity contribution in [2.75, 3.05) is 50.1 Å². The molecule has 0 atom stereocenters. The second-order valence-corrected chi connectivity index (χ2v) is 8.99. The van der Waals surface area contributed by atoms with Crippen LogP contribution in [0.3, 0.4) is 0 Å². The van der Waals surface area contributed by atoms with E-state index in [4.69, 9.17) is 9.15 Å². The van der Waals surface area contributed by atoms with Crippen LogP contribution < -0.4 is 20.4 Å². The highest BCUT2D eigenvalue weighted by molar-refractivity contribution is 7.22. The first-order valence-corrected chi connectivity index (χ1v) is 11.7. The first kappa shape index (κ1) is 21.4. The van der Waals surface area contributed by atoms with Crippen LogP contribution in [0.4, 0.5) is 10.8 Å².